The Morgan fingerprint density at radius 2 is 1.96 bits per heavy atom. The molecule has 25 heavy (non-hydrogen) atoms. The first-order valence-electron chi connectivity index (χ1n) is 8.42. The molecular formula is C20H22ClN3O. The molecule has 0 aliphatic rings. The van der Waals surface area contributed by atoms with Crippen molar-refractivity contribution in [1.82, 2.24) is 14.9 Å². The predicted molar refractivity (Wildman–Crippen MR) is 101 cm³/mol. The Morgan fingerprint density at radius 3 is 2.72 bits per heavy atom. The molecule has 5 heteroatoms. The van der Waals surface area contributed by atoms with E-state index in [0.29, 0.717) is 6.61 Å². The second-order valence-corrected chi connectivity index (χ2v) is 6.33. The summed E-state index contributed by atoms with van der Waals surface area (Å²) in [6.45, 7) is 3.35. The third-order valence-corrected chi connectivity index (χ3v) is 4.11. The smallest absolute Gasteiger partial charge is 0.119 e. The summed E-state index contributed by atoms with van der Waals surface area (Å²) in [6.07, 6.45) is 6.73. The van der Waals surface area contributed by atoms with Crippen LogP contribution in [0, 0.1) is 0 Å². The van der Waals surface area contributed by atoms with Gasteiger partial charge in [-0.25, -0.2) is 4.98 Å². The van der Waals surface area contributed by atoms with Gasteiger partial charge in [-0.3, -0.25) is 0 Å². The minimum atomic E-state index is 0.520. The van der Waals surface area contributed by atoms with E-state index in [1.165, 1.54) is 5.56 Å². The van der Waals surface area contributed by atoms with E-state index in [1.807, 2.05) is 55.1 Å². The highest BCUT2D eigenvalue weighted by atomic mass is 35.5. The van der Waals surface area contributed by atoms with Gasteiger partial charge in [-0.1, -0.05) is 35.9 Å². The molecule has 130 valence electrons. The van der Waals surface area contributed by atoms with Gasteiger partial charge in [0.05, 0.1) is 6.33 Å². The monoisotopic (exact) mass is 355 g/mol. The summed E-state index contributed by atoms with van der Waals surface area (Å²) in [6, 6.07) is 15.9. The molecule has 1 aromatic heterocycles. The molecule has 0 aliphatic carbocycles. The van der Waals surface area contributed by atoms with Crippen LogP contribution in [0.15, 0.2) is 67.3 Å². The topological polar surface area (TPSA) is 39.1 Å². The van der Waals surface area contributed by atoms with Crippen LogP contribution in [0.5, 0.6) is 5.75 Å². The number of nitrogens with zero attached hydrogens (tertiary/aromatic N) is 2. The second-order valence-electron chi connectivity index (χ2n) is 5.89. The van der Waals surface area contributed by atoms with Gasteiger partial charge >= 0.3 is 0 Å². The molecule has 0 fully saturated rings. The molecular weight excluding hydrogens is 334 g/mol. The largest absolute Gasteiger partial charge is 0.489 e. The number of rotatable bonds is 9. The van der Waals surface area contributed by atoms with Crippen molar-refractivity contribution in [3.05, 3.63) is 83.4 Å². The van der Waals surface area contributed by atoms with Gasteiger partial charge in [0.15, 0.2) is 0 Å². The molecule has 0 unspecified atom stereocenters. The molecule has 0 radical (unpaired) electrons. The summed E-state index contributed by atoms with van der Waals surface area (Å²) in [5.74, 6) is 0.865. The Morgan fingerprint density at radius 1 is 1.08 bits per heavy atom. The van der Waals surface area contributed by atoms with E-state index in [9.17, 15) is 0 Å². The summed E-state index contributed by atoms with van der Waals surface area (Å²) in [5, 5.41) is 4.19. The number of hydrogen-bond acceptors (Lipinski definition) is 3. The first-order chi connectivity index (χ1) is 12.3. The van der Waals surface area contributed by atoms with E-state index in [-0.39, 0.29) is 0 Å². The maximum atomic E-state index is 5.98. The van der Waals surface area contributed by atoms with E-state index in [4.69, 9.17) is 16.3 Å². The lowest BCUT2D eigenvalue weighted by Gasteiger charge is -2.09. The normalized spacial score (nSPS) is 10.8. The quantitative estimate of drug-likeness (QED) is 0.582. The molecule has 0 bridgehead atoms. The van der Waals surface area contributed by atoms with E-state index in [1.54, 1.807) is 0 Å². The average Bonchev–Trinajstić information content (AvgIpc) is 3.14. The highest BCUT2D eigenvalue weighted by Gasteiger charge is 1.99. The number of ether oxygens (including phenoxy) is 1. The molecule has 0 atom stereocenters. The number of nitrogens with one attached hydrogen (secondary N) is 1. The Balaban J connectivity index is 1.36. The van der Waals surface area contributed by atoms with Gasteiger partial charge in [-0.15, -0.1) is 0 Å². The molecule has 0 saturated carbocycles. The fraction of sp³-hybridized carbons (Fsp3) is 0.250. The Labute approximate surface area is 153 Å². The molecule has 3 aromatic rings. The van der Waals surface area contributed by atoms with Crippen molar-refractivity contribution in [1.29, 1.82) is 0 Å². The zero-order valence-corrected chi connectivity index (χ0v) is 14.8. The van der Waals surface area contributed by atoms with Crippen LogP contribution >= 0.6 is 11.6 Å². The van der Waals surface area contributed by atoms with Crippen molar-refractivity contribution in [2.75, 3.05) is 6.54 Å². The van der Waals surface area contributed by atoms with Crippen molar-refractivity contribution in [3.63, 3.8) is 0 Å². The van der Waals surface area contributed by atoms with Crippen molar-refractivity contribution in [2.45, 2.75) is 26.1 Å². The van der Waals surface area contributed by atoms with Gasteiger partial charge in [0, 0.05) is 30.5 Å². The minimum Gasteiger partial charge on any atom is -0.489 e. The maximum absolute atomic E-state index is 5.98. The number of imidazole rings is 1. The summed E-state index contributed by atoms with van der Waals surface area (Å²) in [4.78, 5) is 4.04. The van der Waals surface area contributed by atoms with E-state index < -0.39 is 0 Å². The number of aromatic nitrogens is 2. The molecule has 2 aromatic carbocycles. The van der Waals surface area contributed by atoms with Crippen LogP contribution in [0.3, 0.4) is 0 Å². The van der Waals surface area contributed by atoms with E-state index in [2.05, 4.69) is 27.0 Å². The lowest BCUT2D eigenvalue weighted by Crippen LogP contribution is -2.16. The number of aryl methyl sites for hydroxylation is 1. The average molecular weight is 356 g/mol. The van der Waals surface area contributed by atoms with Crippen LogP contribution in [0.2, 0.25) is 5.02 Å². The highest BCUT2D eigenvalue weighted by Crippen LogP contribution is 2.16. The van der Waals surface area contributed by atoms with E-state index >= 15 is 0 Å². The Kier molecular flexibility index (Phi) is 6.48. The standard InChI is InChI=1S/C20H22ClN3O/c21-19-4-1-3-18(13-19)15-25-20-7-5-17(6-8-20)14-22-9-2-11-24-12-10-23-16-24/h1,3-8,10,12-13,16,22H,2,9,11,14-15H2. The van der Waals surface area contributed by atoms with Gasteiger partial charge in [0.1, 0.15) is 12.4 Å². The fourth-order valence-electron chi connectivity index (χ4n) is 2.54. The number of benzene rings is 2. The fourth-order valence-corrected chi connectivity index (χ4v) is 2.75. The first-order valence-corrected chi connectivity index (χ1v) is 8.80. The zero-order chi connectivity index (χ0) is 17.3. The molecule has 4 nitrogen and oxygen atoms in total. The third kappa shape index (κ3) is 5.93. The third-order valence-electron chi connectivity index (χ3n) is 3.88. The molecule has 0 aliphatic heterocycles. The summed E-state index contributed by atoms with van der Waals surface area (Å²) in [7, 11) is 0. The summed E-state index contributed by atoms with van der Waals surface area (Å²) in [5.41, 5.74) is 2.31. The predicted octanol–water partition coefficient (Wildman–Crippen LogP) is 4.30. The van der Waals surface area contributed by atoms with Gasteiger partial charge in [0.2, 0.25) is 0 Å². The van der Waals surface area contributed by atoms with Gasteiger partial charge < -0.3 is 14.6 Å². The second kappa shape index (κ2) is 9.25. The van der Waals surface area contributed by atoms with Gasteiger partial charge in [-0.2, -0.15) is 0 Å². The molecule has 0 spiro atoms. The number of halogens is 1. The van der Waals surface area contributed by atoms with Crippen molar-refractivity contribution in [2.24, 2.45) is 0 Å². The van der Waals surface area contributed by atoms with Crippen molar-refractivity contribution >= 4 is 11.6 Å². The molecule has 0 saturated heterocycles. The summed E-state index contributed by atoms with van der Waals surface area (Å²) < 4.78 is 7.89. The minimum absolute atomic E-state index is 0.520. The highest BCUT2D eigenvalue weighted by molar-refractivity contribution is 6.30. The van der Waals surface area contributed by atoms with E-state index in [0.717, 1.165) is 42.4 Å². The van der Waals surface area contributed by atoms with Crippen LogP contribution in [0.4, 0.5) is 0 Å². The van der Waals surface area contributed by atoms with Crippen LogP contribution in [-0.2, 0) is 19.7 Å². The molecule has 1 N–H and O–H groups in total. The SMILES string of the molecule is Clc1cccc(COc2ccc(CNCCCn3ccnc3)cc2)c1. The summed E-state index contributed by atoms with van der Waals surface area (Å²) >= 11 is 5.98. The van der Waals surface area contributed by atoms with Crippen molar-refractivity contribution in [3.8, 4) is 5.75 Å². The molecule has 1 heterocycles. The van der Waals surface area contributed by atoms with Crippen LogP contribution in [0.1, 0.15) is 17.5 Å². The molecule has 3 rings (SSSR count). The van der Waals surface area contributed by atoms with Crippen molar-refractivity contribution < 1.29 is 4.74 Å². The lowest BCUT2D eigenvalue weighted by molar-refractivity contribution is 0.306. The first kappa shape index (κ1) is 17.5. The van der Waals surface area contributed by atoms with Gasteiger partial charge in [-0.05, 0) is 48.4 Å². The van der Waals surface area contributed by atoms with Crippen LogP contribution in [0.25, 0.3) is 0 Å². The van der Waals surface area contributed by atoms with Crippen LogP contribution < -0.4 is 10.1 Å². The molecule has 0 amide bonds. The zero-order valence-electron chi connectivity index (χ0n) is 14.1. The number of hydrogen-bond donors (Lipinski definition) is 1. The lowest BCUT2D eigenvalue weighted by atomic mass is 10.2. The Hall–Kier alpha value is -2.30. The Bertz CT molecular complexity index is 757. The van der Waals surface area contributed by atoms with Crippen LogP contribution in [-0.4, -0.2) is 16.1 Å². The van der Waals surface area contributed by atoms with Gasteiger partial charge in [0.25, 0.3) is 0 Å². The maximum Gasteiger partial charge on any atom is 0.119 e.